The second-order valence-electron chi connectivity index (χ2n) is 6.51. The molecular formula is C19H17N5O. The molecule has 1 saturated heterocycles. The topological polar surface area (TPSA) is 66.8 Å². The Balaban J connectivity index is 1.40. The zero-order valence-electron chi connectivity index (χ0n) is 13.6. The summed E-state index contributed by atoms with van der Waals surface area (Å²) < 4.78 is 2.20. The van der Waals surface area contributed by atoms with Gasteiger partial charge in [0.2, 0.25) is 0 Å². The van der Waals surface area contributed by atoms with Crippen LogP contribution in [0.5, 0.6) is 0 Å². The van der Waals surface area contributed by atoms with Crippen LogP contribution in [0.1, 0.15) is 22.8 Å². The van der Waals surface area contributed by atoms with Crippen molar-refractivity contribution in [2.45, 2.75) is 12.5 Å². The van der Waals surface area contributed by atoms with Crippen LogP contribution in [0, 0.1) is 0 Å². The number of nitrogens with zero attached hydrogens (tertiary/aromatic N) is 4. The number of aromatic amines is 1. The lowest BCUT2D eigenvalue weighted by Gasteiger charge is -2.17. The number of rotatable bonds is 2. The van der Waals surface area contributed by atoms with E-state index in [4.69, 9.17) is 0 Å². The lowest BCUT2D eigenvalue weighted by Crippen LogP contribution is -2.29. The summed E-state index contributed by atoms with van der Waals surface area (Å²) in [6, 6.07) is 14.1. The number of carbonyl (C=O) groups is 1. The summed E-state index contributed by atoms with van der Waals surface area (Å²) in [7, 11) is 0. The predicted molar refractivity (Wildman–Crippen MR) is 95.4 cm³/mol. The van der Waals surface area contributed by atoms with Gasteiger partial charge in [-0.05, 0) is 30.7 Å². The molecule has 0 radical (unpaired) electrons. The highest BCUT2D eigenvalue weighted by molar-refractivity contribution is 5.97. The number of carbonyl (C=O) groups excluding carboxylic acids is 1. The van der Waals surface area contributed by atoms with E-state index in [2.05, 4.69) is 25.8 Å². The van der Waals surface area contributed by atoms with Crippen molar-refractivity contribution in [3.05, 3.63) is 60.6 Å². The van der Waals surface area contributed by atoms with Gasteiger partial charge in [0.1, 0.15) is 0 Å². The Bertz CT molecular complexity index is 1080. The van der Waals surface area contributed by atoms with Gasteiger partial charge in [0.15, 0.2) is 0 Å². The molecule has 25 heavy (non-hydrogen) atoms. The maximum atomic E-state index is 12.9. The number of hydrogen-bond acceptors (Lipinski definition) is 3. The fourth-order valence-electron chi connectivity index (χ4n) is 3.68. The molecule has 1 aliphatic rings. The van der Waals surface area contributed by atoms with Crippen molar-refractivity contribution in [1.29, 1.82) is 0 Å². The average molecular weight is 331 g/mol. The molecule has 6 nitrogen and oxygen atoms in total. The normalized spacial score (nSPS) is 17.6. The molecule has 1 unspecified atom stereocenters. The average Bonchev–Trinajstić information content (AvgIpc) is 3.38. The van der Waals surface area contributed by atoms with Gasteiger partial charge in [0, 0.05) is 24.0 Å². The zero-order chi connectivity index (χ0) is 16.8. The molecule has 5 rings (SSSR count). The maximum absolute atomic E-state index is 12.9. The van der Waals surface area contributed by atoms with E-state index in [-0.39, 0.29) is 11.9 Å². The highest BCUT2D eigenvalue weighted by atomic mass is 16.2. The molecule has 0 spiro atoms. The smallest absolute Gasteiger partial charge is 0.254 e. The second kappa shape index (κ2) is 5.44. The first-order valence-electron chi connectivity index (χ1n) is 8.43. The van der Waals surface area contributed by atoms with Gasteiger partial charge in [-0.25, -0.2) is 4.98 Å². The van der Waals surface area contributed by atoms with Gasteiger partial charge in [-0.2, -0.15) is 5.10 Å². The molecule has 6 heteroatoms. The van der Waals surface area contributed by atoms with Gasteiger partial charge in [-0.1, -0.05) is 18.2 Å². The quantitative estimate of drug-likeness (QED) is 0.614. The van der Waals surface area contributed by atoms with E-state index in [0.29, 0.717) is 12.1 Å². The number of imidazole rings is 1. The standard InChI is InChI=1S/C19H17N5O/c25-19(13-5-6-14-10-21-22-17(14)9-13)23-8-7-15(11-23)24-12-20-16-3-1-2-4-18(16)24/h1-6,9-10,12,15H,7-8,11H2,(H,21,22). The number of nitrogens with one attached hydrogen (secondary N) is 1. The maximum Gasteiger partial charge on any atom is 0.254 e. The van der Waals surface area contributed by atoms with Crippen LogP contribution in [0.3, 0.4) is 0 Å². The van der Waals surface area contributed by atoms with E-state index in [1.807, 2.05) is 47.6 Å². The minimum Gasteiger partial charge on any atom is -0.336 e. The van der Waals surface area contributed by atoms with Crippen LogP contribution in [-0.4, -0.2) is 43.6 Å². The molecule has 1 aliphatic heterocycles. The van der Waals surface area contributed by atoms with Gasteiger partial charge in [-0.15, -0.1) is 0 Å². The Morgan fingerprint density at radius 1 is 1.20 bits per heavy atom. The lowest BCUT2D eigenvalue weighted by atomic mass is 10.1. The Kier molecular flexibility index (Phi) is 3.09. The first-order chi connectivity index (χ1) is 12.3. The largest absolute Gasteiger partial charge is 0.336 e. The molecule has 1 fully saturated rings. The van der Waals surface area contributed by atoms with Crippen molar-refractivity contribution in [3.63, 3.8) is 0 Å². The number of para-hydroxylation sites is 2. The predicted octanol–water partition coefficient (Wildman–Crippen LogP) is 3.00. The molecule has 2 aromatic heterocycles. The summed E-state index contributed by atoms with van der Waals surface area (Å²) in [6.07, 6.45) is 4.60. The molecular weight excluding hydrogens is 314 g/mol. The van der Waals surface area contributed by atoms with E-state index >= 15 is 0 Å². The molecule has 1 N–H and O–H groups in total. The van der Waals surface area contributed by atoms with Crippen LogP contribution in [0.2, 0.25) is 0 Å². The van der Waals surface area contributed by atoms with Crippen molar-refractivity contribution < 1.29 is 4.79 Å². The number of hydrogen-bond donors (Lipinski definition) is 1. The Labute approximate surface area is 144 Å². The van der Waals surface area contributed by atoms with Crippen LogP contribution >= 0.6 is 0 Å². The number of H-pyrrole nitrogens is 1. The summed E-state index contributed by atoms with van der Waals surface area (Å²) in [5.41, 5.74) is 3.72. The minimum absolute atomic E-state index is 0.0726. The SMILES string of the molecule is O=C(c1ccc2cn[nH]c2c1)N1CCC(n2cnc3ccccc32)C1. The number of aromatic nitrogens is 4. The summed E-state index contributed by atoms with van der Waals surface area (Å²) in [5, 5.41) is 7.95. The molecule has 124 valence electrons. The van der Waals surface area contributed by atoms with Gasteiger partial charge >= 0.3 is 0 Å². The molecule has 4 aromatic rings. The third kappa shape index (κ3) is 2.29. The lowest BCUT2D eigenvalue weighted by molar-refractivity contribution is 0.0788. The van der Waals surface area contributed by atoms with E-state index in [0.717, 1.165) is 34.9 Å². The summed E-state index contributed by atoms with van der Waals surface area (Å²) in [4.78, 5) is 19.3. The van der Waals surface area contributed by atoms with Gasteiger partial charge in [0.05, 0.1) is 35.1 Å². The first kappa shape index (κ1) is 14.2. The third-order valence-electron chi connectivity index (χ3n) is 5.01. The van der Waals surface area contributed by atoms with E-state index in [1.54, 1.807) is 6.20 Å². The fraction of sp³-hybridized carbons (Fsp3) is 0.211. The highest BCUT2D eigenvalue weighted by Gasteiger charge is 2.28. The molecule has 2 aromatic carbocycles. The molecule has 0 saturated carbocycles. The van der Waals surface area contributed by atoms with Crippen LogP contribution in [0.25, 0.3) is 21.9 Å². The summed E-state index contributed by atoms with van der Waals surface area (Å²) in [5.74, 6) is 0.0726. The van der Waals surface area contributed by atoms with Crippen LogP contribution in [0.15, 0.2) is 55.0 Å². The second-order valence-corrected chi connectivity index (χ2v) is 6.51. The van der Waals surface area contributed by atoms with E-state index in [9.17, 15) is 4.79 Å². The number of fused-ring (bicyclic) bond motifs is 2. The molecule has 0 aliphatic carbocycles. The third-order valence-corrected chi connectivity index (χ3v) is 5.01. The Morgan fingerprint density at radius 2 is 2.12 bits per heavy atom. The molecule has 3 heterocycles. The van der Waals surface area contributed by atoms with Crippen LogP contribution < -0.4 is 0 Å². The molecule has 0 bridgehead atoms. The van der Waals surface area contributed by atoms with Gasteiger partial charge in [0.25, 0.3) is 5.91 Å². The molecule has 1 atom stereocenters. The number of benzene rings is 2. The van der Waals surface area contributed by atoms with Crippen molar-refractivity contribution in [2.24, 2.45) is 0 Å². The highest BCUT2D eigenvalue weighted by Crippen LogP contribution is 2.27. The minimum atomic E-state index is 0.0726. The summed E-state index contributed by atoms with van der Waals surface area (Å²) in [6.45, 7) is 1.47. The number of amides is 1. The summed E-state index contributed by atoms with van der Waals surface area (Å²) >= 11 is 0. The van der Waals surface area contributed by atoms with Crippen molar-refractivity contribution in [1.82, 2.24) is 24.6 Å². The number of likely N-dealkylation sites (tertiary alicyclic amines) is 1. The first-order valence-corrected chi connectivity index (χ1v) is 8.43. The van der Waals surface area contributed by atoms with Crippen molar-refractivity contribution >= 4 is 27.8 Å². The van der Waals surface area contributed by atoms with Crippen molar-refractivity contribution in [2.75, 3.05) is 13.1 Å². The van der Waals surface area contributed by atoms with Gasteiger partial charge in [-0.3, -0.25) is 9.89 Å². The van der Waals surface area contributed by atoms with E-state index in [1.165, 1.54) is 0 Å². The van der Waals surface area contributed by atoms with Crippen molar-refractivity contribution in [3.8, 4) is 0 Å². The van der Waals surface area contributed by atoms with E-state index < -0.39 is 0 Å². The molecule has 1 amide bonds. The monoisotopic (exact) mass is 331 g/mol. The Hall–Kier alpha value is -3.15. The van der Waals surface area contributed by atoms with Gasteiger partial charge < -0.3 is 9.47 Å². The van der Waals surface area contributed by atoms with Crippen LogP contribution in [-0.2, 0) is 0 Å². The zero-order valence-corrected chi connectivity index (χ0v) is 13.6. The Morgan fingerprint density at radius 3 is 3.08 bits per heavy atom. The fourth-order valence-corrected chi connectivity index (χ4v) is 3.68. The van der Waals surface area contributed by atoms with Crippen LogP contribution in [0.4, 0.5) is 0 Å².